The number of nitrogens with one attached hydrogen (secondary N) is 2. The molecule has 0 bridgehead atoms. The number of H-pyrrole nitrogens is 1. The zero-order valence-electron chi connectivity index (χ0n) is 13.7. The van der Waals surface area contributed by atoms with Crippen molar-refractivity contribution in [2.24, 2.45) is 0 Å². The maximum absolute atomic E-state index is 12.3. The standard InChI is InChI=1S/C16H16Cl2N6O/c1-9-20-8-11(21-9)6-7-19-16(25)15-22-10(2)24(23-15)14-12(17)4-3-5-13(14)18/h3-5,8H,6-7H2,1-2H3,(H,19,25)(H,20,21). The van der Waals surface area contributed by atoms with E-state index in [1.54, 1.807) is 31.3 Å². The summed E-state index contributed by atoms with van der Waals surface area (Å²) in [5.74, 6) is 1.06. The molecule has 0 aliphatic carbocycles. The number of amides is 1. The number of benzene rings is 1. The molecular formula is C16H16Cl2N6O. The first-order chi connectivity index (χ1) is 12.0. The largest absolute Gasteiger partial charge is 0.349 e. The van der Waals surface area contributed by atoms with Crippen LogP contribution in [0.25, 0.3) is 5.69 Å². The van der Waals surface area contributed by atoms with Gasteiger partial charge in [-0.1, -0.05) is 29.3 Å². The zero-order chi connectivity index (χ0) is 18.0. The van der Waals surface area contributed by atoms with E-state index in [-0.39, 0.29) is 11.7 Å². The lowest BCUT2D eigenvalue weighted by Gasteiger charge is -2.07. The lowest BCUT2D eigenvalue weighted by atomic mass is 10.3. The van der Waals surface area contributed by atoms with Gasteiger partial charge in [0.25, 0.3) is 5.91 Å². The Hall–Kier alpha value is -2.38. The van der Waals surface area contributed by atoms with E-state index in [2.05, 4.69) is 25.4 Å². The van der Waals surface area contributed by atoms with E-state index in [1.165, 1.54) is 4.68 Å². The summed E-state index contributed by atoms with van der Waals surface area (Å²) in [7, 11) is 0. The molecule has 25 heavy (non-hydrogen) atoms. The number of halogens is 2. The maximum Gasteiger partial charge on any atom is 0.290 e. The van der Waals surface area contributed by atoms with Crippen LogP contribution in [0.5, 0.6) is 0 Å². The second-order valence-corrected chi connectivity index (χ2v) is 6.28. The first kappa shape index (κ1) is 17.4. The molecule has 130 valence electrons. The van der Waals surface area contributed by atoms with Crippen LogP contribution in [0.1, 0.15) is 28.0 Å². The van der Waals surface area contributed by atoms with Gasteiger partial charge in [0, 0.05) is 24.9 Å². The Balaban J connectivity index is 1.72. The zero-order valence-corrected chi connectivity index (χ0v) is 15.2. The van der Waals surface area contributed by atoms with Gasteiger partial charge in [-0.2, -0.15) is 0 Å². The predicted octanol–water partition coefficient (Wildman–Crippen LogP) is 2.89. The third-order valence-electron chi connectivity index (χ3n) is 3.56. The van der Waals surface area contributed by atoms with Crippen molar-refractivity contribution in [2.45, 2.75) is 20.3 Å². The molecule has 7 nitrogen and oxygen atoms in total. The van der Waals surface area contributed by atoms with E-state index in [4.69, 9.17) is 23.2 Å². The van der Waals surface area contributed by atoms with Gasteiger partial charge >= 0.3 is 0 Å². The number of aromatic amines is 1. The highest BCUT2D eigenvalue weighted by Gasteiger charge is 2.18. The van der Waals surface area contributed by atoms with Gasteiger partial charge in [-0.3, -0.25) is 4.79 Å². The highest BCUT2D eigenvalue weighted by atomic mass is 35.5. The number of para-hydroxylation sites is 1. The Bertz CT molecular complexity index is 897. The summed E-state index contributed by atoms with van der Waals surface area (Å²) in [6.45, 7) is 4.05. The van der Waals surface area contributed by atoms with Gasteiger partial charge in [0.05, 0.1) is 10.0 Å². The van der Waals surface area contributed by atoms with Crippen LogP contribution >= 0.6 is 23.2 Å². The number of aromatic nitrogens is 5. The number of hydrogen-bond donors (Lipinski definition) is 2. The Kier molecular flexibility index (Phi) is 5.06. The van der Waals surface area contributed by atoms with Crippen LogP contribution in [0.2, 0.25) is 10.0 Å². The number of rotatable bonds is 5. The van der Waals surface area contributed by atoms with E-state index >= 15 is 0 Å². The molecule has 0 saturated heterocycles. The van der Waals surface area contributed by atoms with E-state index < -0.39 is 0 Å². The minimum atomic E-state index is -0.360. The molecule has 0 fully saturated rings. The van der Waals surface area contributed by atoms with Crippen LogP contribution in [0.3, 0.4) is 0 Å². The van der Waals surface area contributed by atoms with E-state index in [1.807, 2.05) is 6.92 Å². The smallest absolute Gasteiger partial charge is 0.290 e. The molecule has 1 aromatic carbocycles. The molecule has 0 aliphatic heterocycles. The van der Waals surface area contributed by atoms with Crippen LogP contribution in [-0.2, 0) is 6.42 Å². The van der Waals surface area contributed by atoms with Gasteiger partial charge in [0.2, 0.25) is 5.82 Å². The molecule has 2 N–H and O–H groups in total. The van der Waals surface area contributed by atoms with E-state index in [0.29, 0.717) is 34.5 Å². The Labute approximate surface area is 154 Å². The van der Waals surface area contributed by atoms with Crippen molar-refractivity contribution in [3.63, 3.8) is 0 Å². The molecule has 0 aliphatic rings. The summed E-state index contributed by atoms with van der Waals surface area (Å²) in [5, 5.41) is 7.89. The lowest BCUT2D eigenvalue weighted by Crippen LogP contribution is -2.27. The molecule has 2 heterocycles. The van der Waals surface area contributed by atoms with Crippen molar-refractivity contribution in [1.82, 2.24) is 30.0 Å². The number of carbonyl (C=O) groups excluding carboxylic acids is 1. The molecule has 0 saturated carbocycles. The second kappa shape index (κ2) is 7.25. The summed E-state index contributed by atoms with van der Waals surface area (Å²) in [5.41, 5.74) is 1.46. The van der Waals surface area contributed by atoms with Gasteiger partial charge in [-0.05, 0) is 26.0 Å². The van der Waals surface area contributed by atoms with Gasteiger partial charge in [0.15, 0.2) is 0 Å². The van der Waals surface area contributed by atoms with E-state index in [9.17, 15) is 4.79 Å². The number of aryl methyl sites for hydroxylation is 2. The quantitative estimate of drug-likeness (QED) is 0.714. The van der Waals surface area contributed by atoms with Crippen LogP contribution in [0.4, 0.5) is 0 Å². The molecule has 3 aromatic rings. The van der Waals surface area contributed by atoms with Crippen LogP contribution in [0.15, 0.2) is 24.4 Å². The predicted molar refractivity (Wildman–Crippen MR) is 95.5 cm³/mol. The van der Waals surface area contributed by atoms with Crippen molar-refractivity contribution < 1.29 is 4.79 Å². The number of nitrogens with zero attached hydrogens (tertiary/aromatic N) is 4. The third kappa shape index (κ3) is 3.83. The molecule has 0 spiro atoms. The van der Waals surface area contributed by atoms with Gasteiger partial charge < -0.3 is 10.3 Å². The SMILES string of the molecule is Cc1ncc(CCNC(=O)c2nc(C)n(-c3c(Cl)cccc3Cl)n2)[nH]1. The molecular weight excluding hydrogens is 363 g/mol. The van der Waals surface area contributed by atoms with Crippen molar-refractivity contribution >= 4 is 29.1 Å². The number of hydrogen-bond acceptors (Lipinski definition) is 4. The fourth-order valence-electron chi connectivity index (χ4n) is 2.38. The van der Waals surface area contributed by atoms with Crippen LogP contribution in [-0.4, -0.2) is 37.2 Å². The molecule has 0 unspecified atom stereocenters. The minimum Gasteiger partial charge on any atom is -0.349 e. The van der Waals surface area contributed by atoms with Crippen molar-refractivity contribution in [1.29, 1.82) is 0 Å². The summed E-state index contributed by atoms with van der Waals surface area (Å²) in [4.78, 5) is 23.7. The van der Waals surface area contributed by atoms with E-state index in [0.717, 1.165) is 11.5 Å². The number of carbonyl (C=O) groups is 1. The Morgan fingerprint density at radius 3 is 2.64 bits per heavy atom. The fraction of sp³-hybridized carbons (Fsp3) is 0.250. The Morgan fingerprint density at radius 1 is 1.28 bits per heavy atom. The lowest BCUT2D eigenvalue weighted by molar-refractivity contribution is 0.0943. The summed E-state index contributed by atoms with van der Waals surface area (Å²) in [6, 6.07) is 5.15. The van der Waals surface area contributed by atoms with Gasteiger partial charge in [-0.25, -0.2) is 14.6 Å². The summed E-state index contributed by atoms with van der Waals surface area (Å²) in [6.07, 6.45) is 2.39. The first-order valence-electron chi connectivity index (χ1n) is 7.62. The average molecular weight is 379 g/mol. The van der Waals surface area contributed by atoms with Crippen molar-refractivity contribution in [2.75, 3.05) is 6.54 Å². The fourth-order valence-corrected chi connectivity index (χ4v) is 2.94. The Morgan fingerprint density at radius 2 is 2.00 bits per heavy atom. The summed E-state index contributed by atoms with van der Waals surface area (Å²) >= 11 is 12.4. The van der Waals surface area contributed by atoms with Crippen LogP contribution in [0, 0.1) is 13.8 Å². The van der Waals surface area contributed by atoms with Gasteiger partial charge in [0.1, 0.15) is 17.3 Å². The monoisotopic (exact) mass is 378 g/mol. The third-order valence-corrected chi connectivity index (χ3v) is 4.17. The average Bonchev–Trinajstić information content (AvgIpc) is 3.14. The highest BCUT2D eigenvalue weighted by Crippen LogP contribution is 2.28. The normalized spacial score (nSPS) is 10.9. The minimum absolute atomic E-state index is 0.0641. The first-order valence-corrected chi connectivity index (χ1v) is 8.38. The molecule has 3 rings (SSSR count). The molecule has 9 heteroatoms. The van der Waals surface area contributed by atoms with Gasteiger partial charge in [-0.15, -0.1) is 5.10 Å². The topological polar surface area (TPSA) is 88.5 Å². The highest BCUT2D eigenvalue weighted by molar-refractivity contribution is 6.37. The van der Waals surface area contributed by atoms with Crippen molar-refractivity contribution in [3.8, 4) is 5.69 Å². The van der Waals surface area contributed by atoms with Crippen molar-refractivity contribution in [3.05, 3.63) is 57.6 Å². The molecule has 1 amide bonds. The second-order valence-electron chi connectivity index (χ2n) is 5.46. The molecule has 0 radical (unpaired) electrons. The molecule has 0 atom stereocenters. The summed E-state index contributed by atoms with van der Waals surface area (Å²) < 4.78 is 1.47. The van der Waals surface area contributed by atoms with Crippen LogP contribution < -0.4 is 5.32 Å². The number of imidazole rings is 1. The molecule has 2 aromatic heterocycles. The maximum atomic E-state index is 12.3.